The van der Waals surface area contributed by atoms with Crippen LogP contribution in [0.2, 0.25) is 0 Å². The van der Waals surface area contributed by atoms with Gasteiger partial charge in [-0.25, -0.2) is 0 Å². The van der Waals surface area contributed by atoms with E-state index in [0.29, 0.717) is 31.3 Å². The van der Waals surface area contributed by atoms with Gasteiger partial charge >= 0.3 is 0 Å². The summed E-state index contributed by atoms with van der Waals surface area (Å²) in [7, 11) is 0. The standard InChI is InChI=1S/C13H23N3O2/c1-13(15,10-2-3-10)12(18)16-6-4-9(5-7-16)8-11(14)17/h9-10H,2-8,15H2,1H3,(H2,14,17). The summed E-state index contributed by atoms with van der Waals surface area (Å²) in [6.45, 7) is 3.26. The van der Waals surface area contributed by atoms with E-state index in [1.54, 1.807) is 0 Å². The van der Waals surface area contributed by atoms with Gasteiger partial charge in [0, 0.05) is 19.5 Å². The van der Waals surface area contributed by atoms with Crippen molar-refractivity contribution in [2.45, 2.75) is 44.6 Å². The zero-order valence-corrected chi connectivity index (χ0v) is 11.0. The summed E-state index contributed by atoms with van der Waals surface area (Å²) < 4.78 is 0. The molecule has 1 unspecified atom stereocenters. The number of nitrogens with zero attached hydrogens (tertiary/aromatic N) is 1. The third kappa shape index (κ3) is 2.83. The van der Waals surface area contributed by atoms with E-state index in [1.807, 2.05) is 11.8 Å². The first-order valence-electron chi connectivity index (χ1n) is 6.78. The van der Waals surface area contributed by atoms with Gasteiger partial charge in [-0.2, -0.15) is 0 Å². The van der Waals surface area contributed by atoms with Crippen LogP contribution in [0.1, 0.15) is 39.0 Å². The van der Waals surface area contributed by atoms with Crippen LogP contribution in [-0.4, -0.2) is 35.3 Å². The lowest BCUT2D eigenvalue weighted by Crippen LogP contribution is -2.56. The fourth-order valence-corrected chi connectivity index (χ4v) is 2.82. The van der Waals surface area contributed by atoms with Crippen molar-refractivity contribution < 1.29 is 9.59 Å². The Morgan fingerprint density at radius 1 is 1.22 bits per heavy atom. The molecule has 1 heterocycles. The lowest BCUT2D eigenvalue weighted by Gasteiger charge is -2.36. The highest BCUT2D eigenvalue weighted by Crippen LogP contribution is 2.39. The van der Waals surface area contributed by atoms with Crippen molar-refractivity contribution in [2.75, 3.05) is 13.1 Å². The second-order valence-corrected chi connectivity index (χ2v) is 5.96. The average molecular weight is 253 g/mol. The van der Waals surface area contributed by atoms with Crippen LogP contribution in [0.25, 0.3) is 0 Å². The van der Waals surface area contributed by atoms with E-state index >= 15 is 0 Å². The quantitative estimate of drug-likeness (QED) is 0.751. The van der Waals surface area contributed by atoms with Crippen LogP contribution < -0.4 is 11.5 Å². The Morgan fingerprint density at radius 2 is 1.78 bits per heavy atom. The van der Waals surface area contributed by atoms with E-state index in [4.69, 9.17) is 11.5 Å². The number of piperidine rings is 1. The Labute approximate surface area is 108 Å². The Morgan fingerprint density at radius 3 is 2.22 bits per heavy atom. The van der Waals surface area contributed by atoms with Crippen LogP contribution in [0.15, 0.2) is 0 Å². The first-order chi connectivity index (χ1) is 8.41. The predicted molar refractivity (Wildman–Crippen MR) is 68.4 cm³/mol. The van der Waals surface area contributed by atoms with Crippen LogP contribution in [-0.2, 0) is 9.59 Å². The number of rotatable bonds is 4. The molecule has 18 heavy (non-hydrogen) atoms. The molecule has 0 radical (unpaired) electrons. The molecule has 0 spiro atoms. The summed E-state index contributed by atoms with van der Waals surface area (Å²) in [5.41, 5.74) is 10.6. The molecule has 1 atom stereocenters. The molecule has 4 N–H and O–H groups in total. The maximum atomic E-state index is 12.3. The van der Waals surface area contributed by atoms with Gasteiger partial charge in [-0.3, -0.25) is 9.59 Å². The van der Waals surface area contributed by atoms with Crippen LogP contribution in [0.3, 0.4) is 0 Å². The number of carbonyl (C=O) groups is 2. The molecule has 2 aliphatic rings. The maximum absolute atomic E-state index is 12.3. The summed E-state index contributed by atoms with van der Waals surface area (Å²) in [6.07, 6.45) is 4.28. The summed E-state index contributed by atoms with van der Waals surface area (Å²) >= 11 is 0. The van der Waals surface area contributed by atoms with E-state index in [0.717, 1.165) is 25.7 Å². The minimum atomic E-state index is -0.698. The van der Waals surface area contributed by atoms with Crippen LogP contribution in [0.4, 0.5) is 0 Å². The Bertz CT molecular complexity index is 342. The molecule has 1 saturated carbocycles. The number of likely N-dealkylation sites (tertiary alicyclic amines) is 1. The van der Waals surface area contributed by atoms with Gasteiger partial charge in [0.2, 0.25) is 11.8 Å². The monoisotopic (exact) mass is 253 g/mol. The molecule has 102 valence electrons. The van der Waals surface area contributed by atoms with Gasteiger partial charge in [0.1, 0.15) is 0 Å². The Hall–Kier alpha value is -1.10. The average Bonchev–Trinajstić information content (AvgIpc) is 3.12. The summed E-state index contributed by atoms with van der Waals surface area (Å²) in [6, 6.07) is 0. The topological polar surface area (TPSA) is 89.4 Å². The largest absolute Gasteiger partial charge is 0.370 e. The second kappa shape index (κ2) is 4.88. The van der Waals surface area contributed by atoms with Crippen LogP contribution >= 0.6 is 0 Å². The number of primary amides is 1. The molecule has 0 bridgehead atoms. The third-order valence-electron chi connectivity index (χ3n) is 4.28. The molecule has 2 amide bonds. The Balaban J connectivity index is 1.85. The van der Waals surface area contributed by atoms with Gasteiger partial charge in [0.25, 0.3) is 0 Å². The smallest absolute Gasteiger partial charge is 0.242 e. The molecule has 1 aliphatic carbocycles. The van der Waals surface area contributed by atoms with Gasteiger partial charge in [0.05, 0.1) is 5.54 Å². The first-order valence-corrected chi connectivity index (χ1v) is 6.78. The number of carbonyl (C=O) groups excluding carboxylic acids is 2. The fourth-order valence-electron chi connectivity index (χ4n) is 2.82. The maximum Gasteiger partial charge on any atom is 0.242 e. The third-order valence-corrected chi connectivity index (χ3v) is 4.28. The minimum absolute atomic E-state index is 0.0718. The molecule has 2 fully saturated rings. The highest BCUT2D eigenvalue weighted by atomic mass is 16.2. The van der Waals surface area contributed by atoms with Crippen molar-refractivity contribution in [1.29, 1.82) is 0 Å². The lowest BCUT2D eigenvalue weighted by molar-refractivity contribution is -0.138. The van der Waals surface area contributed by atoms with E-state index in [9.17, 15) is 9.59 Å². The molecule has 2 rings (SSSR count). The number of nitrogens with two attached hydrogens (primary N) is 2. The first kappa shape index (κ1) is 13.3. The molecule has 1 aliphatic heterocycles. The van der Waals surface area contributed by atoms with E-state index < -0.39 is 5.54 Å². The van der Waals surface area contributed by atoms with Crippen LogP contribution in [0, 0.1) is 11.8 Å². The highest BCUT2D eigenvalue weighted by Gasteiger charge is 2.46. The van der Waals surface area contributed by atoms with E-state index in [-0.39, 0.29) is 11.8 Å². The zero-order valence-electron chi connectivity index (χ0n) is 11.0. The number of hydrogen-bond acceptors (Lipinski definition) is 3. The summed E-state index contributed by atoms with van der Waals surface area (Å²) in [5, 5.41) is 0. The predicted octanol–water partition coefficient (Wildman–Crippen LogP) is 0.228. The second-order valence-electron chi connectivity index (χ2n) is 5.96. The highest BCUT2D eigenvalue weighted by molar-refractivity contribution is 5.86. The molecule has 0 aromatic rings. The normalized spacial score (nSPS) is 24.7. The SMILES string of the molecule is CC(N)(C(=O)N1CCC(CC(N)=O)CC1)C1CC1. The van der Waals surface area contributed by atoms with Gasteiger partial charge in [-0.15, -0.1) is 0 Å². The zero-order chi connectivity index (χ0) is 13.3. The molecule has 0 aromatic heterocycles. The van der Waals surface area contributed by atoms with Crippen LogP contribution in [0.5, 0.6) is 0 Å². The van der Waals surface area contributed by atoms with Crippen molar-refractivity contribution >= 4 is 11.8 Å². The van der Waals surface area contributed by atoms with Gasteiger partial charge in [-0.1, -0.05) is 0 Å². The van der Waals surface area contributed by atoms with Crippen molar-refractivity contribution in [3.05, 3.63) is 0 Å². The summed E-state index contributed by atoms with van der Waals surface area (Å²) in [4.78, 5) is 25.1. The van der Waals surface area contributed by atoms with Crippen molar-refractivity contribution in [3.63, 3.8) is 0 Å². The molecule has 0 aromatic carbocycles. The molecular formula is C13H23N3O2. The molecule has 5 heteroatoms. The van der Waals surface area contributed by atoms with Crippen molar-refractivity contribution in [2.24, 2.45) is 23.3 Å². The molecular weight excluding hydrogens is 230 g/mol. The summed E-state index contributed by atoms with van der Waals surface area (Å²) in [5.74, 6) is 0.508. The van der Waals surface area contributed by atoms with Gasteiger partial charge in [0.15, 0.2) is 0 Å². The van der Waals surface area contributed by atoms with Crippen molar-refractivity contribution in [3.8, 4) is 0 Å². The molecule has 5 nitrogen and oxygen atoms in total. The van der Waals surface area contributed by atoms with Gasteiger partial charge in [-0.05, 0) is 44.4 Å². The number of amides is 2. The van der Waals surface area contributed by atoms with Gasteiger partial charge < -0.3 is 16.4 Å². The number of hydrogen-bond donors (Lipinski definition) is 2. The Kier molecular flexibility index (Phi) is 3.61. The van der Waals surface area contributed by atoms with E-state index in [2.05, 4.69) is 0 Å². The van der Waals surface area contributed by atoms with E-state index in [1.165, 1.54) is 0 Å². The van der Waals surface area contributed by atoms with Crippen molar-refractivity contribution in [1.82, 2.24) is 4.90 Å². The minimum Gasteiger partial charge on any atom is -0.370 e. The lowest BCUT2D eigenvalue weighted by atomic mass is 9.90. The fraction of sp³-hybridized carbons (Fsp3) is 0.846. The molecule has 1 saturated heterocycles.